The van der Waals surface area contributed by atoms with Crippen molar-refractivity contribution in [2.24, 2.45) is 0 Å². The largest absolute Gasteiger partial charge is 0.345 e. The molecule has 1 aliphatic rings. The molecule has 1 aliphatic heterocycles. The maximum atomic E-state index is 12.9. The van der Waals surface area contributed by atoms with Crippen LogP contribution in [0.1, 0.15) is 47.5 Å². The number of carbonyl (C=O) groups is 1. The predicted octanol–water partition coefficient (Wildman–Crippen LogP) is 3.41. The topological polar surface area (TPSA) is 66.5 Å². The minimum atomic E-state index is -3.61. The van der Waals surface area contributed by atoms with Crippen LogP contribution in [0.4, 0.5) is 0 Å². The van der Waals surface area contributed by atoms with Gasteiger partial charge in [0.2, 0.25) is 10.0 Å². The van der Waals surface area contributed by atoms with E-state index in [9.17, 15) is 13.2 Å². The summed E-state index contributed by atoms with van der Waals surface area (Å²) in [6, 6.07) is 11.0. The van der Waals surface area contributed by atoms with Crippen LogP contribution in [-0.4, -0.2) is 31.7 Å². The van der Waals surface area contributed by atoms with Crippen LogP contribution in [0.25, 0.3) is 0 Å². The van der Waals surface area contributed by atoms with E-state index in [2.05, 4.69) is 5.32 Å². The lowest BCUT2D eigenvalue weighted by molar-refractivity contribution is 0.0941. The van der Waals surface area contributed by atoms with Crippen LogP contribution in [0, 0.1) is 0 Å². The minimum Gasteiger partial charge on any atom is -0.345 e. The maximum absolute atomic E-state index is 12.9. The third-order valence-electron chi connectivity index (χ3n) is 4.42. The van der Waals surface area contributed by atoms with Crippen molar-refractivity contribution in [2.75, 3.05) is 13.1 Å². The molecular formula is C18H22N2O3S2. The molecule has 134 valence electrons. The molecule has 1 N–H and O–H groups in total. The highest BCUT2D eigenvalue weighted by atomic mass is 32.2. The molecule has 1 atom stereocenters. The molecular weight excluding hydrogens is 356 g/mol. The second-order valence-electron chi connectivity index (χ2n) is 6.18. The highest BCUT2D eigenvalue weighted by Gasteiger charge is 2.31. The van der Waals surface area contributed by atoms with Crippen LogP contribution in [0.15, 0.2) is 46.7 Å². The molecule has 5 nitrogen and oxygen atoms in total. The van der Waals surface area contributed by atoms with Gasteiger partial charge in [-0.1, -0.05) is 36.8 Å². The van der Waals surface area contributed by atoms with Gasteiger partial charge in [0.1, 0.15) is 9.77 Å². The Labute approximate surface area is 152 Å². The van der Waals surface area contributed by atoms with Crippen molar-refractivity contribution in [3.63, 3.8) is 0 Å². The average molecular weight is 379 g/mol. The zero-order valence-electron chi connectivity index (χ0n) is 14.1. The molecule has 1 amide bonds. The Morgan fingerprint density at radius 2 is 1.80 bits per heavy atom. The van der Waals surface area contributed by atoms with Gasteiger partial charge in [-0.3, -0.25) is 4.79 Å². The van der Waals surface area contributed by atoms with Crippen LogP contribution in [0.3, 0.4) is 0 Å². The fourth-order valence-electron chi connectivity index (χ4n) is 3.00. The Hall–Kier alpha value is -1.70. The molecule has 0 radical (unpaired) electrons. The third kappa shape index (κ3) is 3.94. The van der Waals surface area contributed by atoms with Crippen molar-refractivity contribution in [3.8, 4) is 0 Å². The first kappa shape index (κ1) is 18.1. The quantitative estimate of drug-likeness (QED) is 0.867. The van der Waals surface area contributed by atoms with Crippen LogP contribution < -0.4 is 5.32 Å². The molecule has 0 aliphatic carbocycles. The number of thiophene rings is 1. The molecule has 1 unspecified atom stereocenters. The minimum absolute atomic E-state index is 0.122. The Morgan fingerprint density at radius 3 is 2.48 bits per heavy atom. The number of rotatable bonds is 5. The van der Waals surface area contributed by atoms with Gasteiger partial charge in [-0.2, -0.15) is 4.31 Å². The van der Waals surface area contributed by atoms with Crippen molar-refractivity contribution in [2.45, 2.75) is 37.1 Å². The Bertz CT molecular complexity index is 825. The van der Waals surface area contributed by atoms with E-state index >= 15 is 0 Å². The number of carbonyl (C=O) groups excluding carboxylic acids is 1. The summed E-state index contributed by atoms with van der Waals surface area (Å²) in [5.74, 6) is -0.345. The van der Waals surface area contributed by atoms with Crippen LogP contribution in [0.5, 0.6) is 0 Å². The van der Waals surface area contributed by atoms with E-state index in [-0.39, 0.29) is 21.7 Å². The highest BCUT2D eigenvalue weighted by molar-refractivity contribution is 7.89. The number of amides is 1. The van der Waals surface area contributed by atoms with E-state index in [0.29, 0.717) is 13.1 Å². The van der Waals surface area contributed by atoms with Gasteiger partial charge in [0.05, 0.1) is 6.04 Å². The first-order valence-electron chi connectivity index (χ1n) is 8.43. The van der Waals surface area contributed by atoms with Crippen molar-refractivity contribution >= 4 is 27.3 Å². The summed E-state index contributed by atoms with van der Waals surface area (Å²) in [4.78, 5) is 13.0. The van der Waals surface area contributed by atoms with E-state index in [4.69, 9.17) is 0 Å². The zero-order valence-corrected chi connectivity index (χ0v) is 15.8. The number of nitrogens with zero attached hydrogens (tertiary/aromatic N) is 1. The molecule has 1 aromatic carbocycles. The molecule has 2 aromatic rings. The van der Waals surface area contributed by atoms with Gasteiger partial charge >= 0.3 is 0 Å². The summed E-state index contributed by atoms with van der Waals surface area (Å²) in [5.41, 5.74) is 0.979. The molecule has 3 rings (SSSR count). The van der Waals surface area contributed by atoms with E-state index in [0.717, 1.165) is 24.8 Å². The maximum Gasteiger partial charge on any atom is 0.263 e. The van der Waals surface area contributed by atoms with E-state index in [1.165, 1.54) is 21.7 Å². The number of hydrogen-bond acceptors (Lipinski definition) is 4. The van der Waals surface area contributed by atoms with Crippen molar-refractivity contribution < 1.29 is 13.2 Å². The predicted molar refractivity (Wildman–Crippen MR) is 99.3 cm³/mol. The van der Waals surface area contributed by atoms with Gasteiger partial charge in [-0.25, -0.2) is 8.42 Å². The number of piperidine rings is 1. The molecule has 0 saturated carbocycles. The van der Waals surface area contributed by atoms with E-state index in [1.54, 1.807) is 5.38 Å². The van der Waals surface area contributed by atoms with Gasteiger partial charge in [-0.05, 0) is 36.8 Å². The SMILES string of the molecule is CC(NC(=O)c1sccc1S(=O)(=O)N1CCCCC1)c1ccccc1. The zero-order chi connectivity index (χ0) is 17.9. The summed E-state index contributed by atoms with van der Waals surface area (Å²) in [6.45, 7) is 2.94. The lowest BCUT2D eigenvalue weighted by atomic mass is 10.1. The Balaban J connectivity index is 1.80. The van der Waals surface area contributed by atoms with Gasteiger partial charge in [0, 0.05) is 13.1 Å². The van der Waals surface area contributed by atoms with Gasteiger partial charge < -0.3 is 5.32 Å². The van der Waals surface area contributed by atoms with Crippen LogP contribution in [-0.2, 0) is 10.0 Å². The summed E-state index contributed by atoms with van der Waals surface area (Å²) in [7, 11) is -3.61. The van der Waals surface area contributed by atoms with Gasteiger partial charge in [-0.15, -0.1) is 11.3 Å². The fourth-order valence-corrected chi connectivity index (χ4v) is 5.82. The molecule has 1 aromatic heterocycles. The molecule has 1 saturated heterocycles. The van der Waals surface area contributed by atoms with Crippen molar-refractivity contribution in [3.05, 3.63) is 52.2 Å². The first-order chi connectivity index (χ1) is 12.0. The lowest BCUT2D eigenvalue weighted by Gasteiger charge is -2.26. The fraction of sp³-hybridized carbons (Fsp3) is 0.389. The summed E-state index contributed by atoms with van der Waals surface area (Å²) in [5, 5.41) is 4.57. The van der Waals surface area contributed by atoms with Gasteiger partial charge in [0.25, 0.3) is 5.91 Å². The third-order valence-corrected chi connectivity index (χ3v) is 7.40. The molecule has 25 heavy (non-hydrogen) atoms. The normalized spacial score (nSPS) is 17.2. The highest BCUT2D eigenvalue weighted by Crippen LogP contribution is 2.28. The number of hydrogen-bond donors (Lipinski definition) is 1. The van der Waals surface area contributed by atoms with E-state index in [1.807, 2.05) is 37.3 Å². The molecule has 7 heteroatoms. The van der Waals surface area contributed by atoms with Crippen molar-refractivity contribution in [1.82, 2.24) is 9.62 Å². The number of sulfonamides is 1. The van der Waals surface area contributed by atoms with Crippen molar-refractivity contribution in [1.29, 1.82) is 0 Å². The van der Waals surface area contributed by atoms with Crippen LogP contribution >= 0.6 is 11.3 Å². The van der Waals surface area contributed by atoms with Crippen LogP contribution in [0.2, 0.25) is 0 Å². The smallest absolute Gasteiger partial charge is 0.263 e. The Morgan fingerprint density at radius 1 is 1.12 bits per heavy atom. The standard InChI is InChI=1S/C18H22N2O3S2/c1-14(15-8-4-2-5-9-15)19-18(21)17-16(10-13-24-17)25(22,23)20-11-6-3-7-12-20/h2,4-5,8-10,13-14H,3,6-7,11-12H2,1H3,(H,19,21). The van der Waals surface area contributed by atoms with E-state index < -0.39 is 10.0 Å². The summed E-state index contributed by atoms with van der Waals surface area (Å²) >= 11 is 1.17. The average Bonchev–Trinajstić information content (AvgIpc) is 3.14. The Kier molecular flexibility index (Phi) is 5.56. The molecule has 1 fully saturated rings. The lowest BCUT2D eigenvalue weighted by Crippen LogP contribution is -2.36. The number of nitrogens with one attached hydrogen (secondary N) is 1. The second kappa shape index (κ2) is 7.68. The number of benzene rings is 1. The molecule has 0 bridgehead atoms. The molecule has 0 spiro atoms. The first-order valence-corrected chi connectivity index (χ1v) is 10.8. The molecule has 2 heterocycles. The second-order valence-corrected chi connectivity index (χ2v) is 9.01. The summed E-state index contributed by atoms with van der Waals surface area (Å²) < 4.78 is 27.3. The summed E-state index contributed by atoms with van der Waals surface area (Å²) in [6.07, 6.45) is 2.80. The van der Waals surface area contributed by atoms with Gasteiger partial charge in [0.15, 0.2) is 0 Å². The monoisotopic (exact) mass is 378 g/mol.